The van der Waals surface area contributed by atoms with Gasteiger partial charge in [-0.1, -0.05) is 20.3 Å². The monoisotopic (exact) mass is 168 g/mol. The molecule has 1 unspecified atom stereocenters. The molecule has 12 heavy (non-hydrogen) atoms. The van der Waals surface area contributed by atoms with Crippen LogP contribution in [0, 0.1) is 0 Å². The van der Waals surface area contributed by atoms with Gasteiger partial charge in [-0.05, 0) is 6.42 Å². The van der Waals surface area contributed by atoms with Gasteiger partial charge in [-0.2, -0.15) is 0 Å². The van der Waals surface area contributed by atoms with E-state index >= 15 is 0 Å². The zero-order valence-electron chi connectivity index (χ0n) is 7.71. The lowest BCUT2D eigenvalue weighted by molar-refractivity contribution is 0.423. The van der Waals surface area contributed by atoms with E-state index in [-0.39, 0.29) is 0 Å². The highest BCUT2D eigenvalue weighted by Gasteiger charge is 2.09. The number of hydrogen-bond acceptors (Lipinski definition) is 3. The molecule has 0 amide bonds. The Morgan fingerprint density at radius 1 is 1.67 bits per heavy atom. The largest absolute Gasteiger partial charge is 0.444 e. The molecule has 0 spiro atoms. The first-order chi connectivity index (χ1) is 5.77. The van der Waals surface area contributed by atoms with Gasteiger partial charge in [-0.15, -0.1) is 0 Å². The Hall–Kier alpha value is -0.830. The van der Waals surface area contributed by atoms with Gasteiger partial charge in [-0.25, -0.2) is 4.98 Å². The van der Waals surface area contributed by atoms with Crippen LogP contribution in [0.15, 0.2) is 10.6 Å². The van der Waals surface area contributed by atoms with Crippen molar-refractivity contribution in [2.24, 2.45) is 5.73 Å². The number of oxazole rings is 1. The SMILES string of the molecule is CCCC(C)c1cnc(CN)o1. The molecular weight excluding hydrogens is 152 g/mol. The van der Waals surface area contributed by atoms with Crippen molar-refractivity contribution in [1.29, 1.82) is 0 Å². The number of nitrogens with zero attached hydrogens (tertiary/aromatic N) is 1. The van der Waals surface area contributed by atoms with Crippen molar-refractivity contribution in [3.63, 3.8) is 0 Å². The molecule has 1 aromatic heterocycles. The first-order valence-corrected chi connectivity index (χ1v) is 4.42. The molecular formula is C9H16N2O. The van der Waals surface area contributed by atoms with E-state index in [0.29, 0.717) is 18.4 Å². The smallest absolute Gasteiger partial charge is 0.208 e. The second kappa shape index (κ2) is 4.26. The average molecular weight is 168 g/mol. The summed E-state index contributed by atoms with van der Waals surface area (Å²) in [5, 5.41) is 0. The number of nitrogens with two attached hydrogens (primary N) is 1. The molecule has 1 aromatic rings. The second-order valence-corrected chi connectivity index (χ2v) is 3.05. The lowest BCUT2D eigenvalue weighted by atomic mass is 10.0. The van der Waals surface area contributed by atoms with Gasteiger partial charge in [0.15, 0.2) is 0 Å². The molecule has 0 saturated carbocycles. The minimum Gasteiger partial charge on any atom is -0.444 e. The summed E-state index contributed by atoms with van der Waals surface area (Å²) >= 11 is 0. The number of rotatable bonds is 4. The first kappa shape index (κ1) is 9.26. The number of hydrogen-bond donors (Lipinski definition) is 1. The fourth-order valence-electron chi connectivity index (χ4n) is 1.22. The second-order valence-electron chi connectivity index (χ2n) is 3.05. The number of aromatic nitrogens is 1. The predicted molar refractivity (Wildman–Crippen MR) is 47.7 cm³/mol. The molecule has 0 radical (unpaired) electrons. The molecule has 1 rings (SSSR count). The Morgan fingerprint density at radius 3 is 2.92 bits per heavy atom. The fraction of sp³-hybridized carbons (Fsp3) is 0.667. The van der Waals surface area contributed by atoms with Crippen LogP contribution in [0.2, 0.25) is 0 Å². The highest BCUT2D eigenvalue weighted by Crippen LogP contribution is 2.20. The minimum atomic E-state index is 0.388. The third kappa shape index (κ3) is 2.08. The van der Waals surface area contributed by atoms with E-state index in [9.17, 15) is 0 Å². The van der Waals surface area contributed by atoms with Crippen molar-refractivity contribution in [3.8, 4) is 0 Å². The highest BCUT2D eigenvalue weighted by molar-refractivity contribution is 4.99. The molecule has 0 bridgehead atoms. The molecule has 1 heterocycles. The van der Waals surface area contributed by atoms with E-state index in [1.807, 2.05) is 0 Å². The average Bonchev–Trinajstić information content (AvgIpc) is 2.52. The van der Waals surface area contributed by atoms with Gasteiger partial charge in [0.2, 0.25) is 5.89 Å². The van der Waals surface area contributed by atoms with Gasteiger partial charge in [-0.3, -0.25) is 0 Å². The molecule has 2 N–H and O–H groups in total. The maximum absolute atomic E-state index is 5.41. The maximum Gasteiger partial charge on any atom is 0.208 e. The molecule has 0 aliphatic rings. The predicted octanol–water partition coefficient (Wildman–Crippen LogP) is 2.04. The molecule has 3 heteroatoms. The summed E-state index contributed by atoms with van der Waals surface area (Å²) in [5.41, 5.74) is 5.38. The lowest BCUT2D eigenvalue weighted by Crippen LogP contribution is -1.95. The van der Waals surface area contributed by atoms with Gasteiger partial charge in [0.25, 0.3) is 0 Å². The third-order valence-corrected chi connectivity index (χ3v) is 1.95. The van der Waals surface area contributed by atoms with Crippen molar-refractivity contribution in [2.75, 3.05) is 0 Å². The molecule has 0 aromatic carbocycles. The minimum absolute atomic E-state index is 0.388. The van der Waals surface area contributed by atoms with E-state index < -0.39 is 0 Å². The third-order valence-electron chi connectivity index (χ3n) is 1.95. The fourth-order valence-corrected chi connectivity index (χ4v) is 1.22. The summed E-state index contributed by atoms with van der Waals surface area (Å²) in [5.74, 6) is 2.05. The molecule has 0 aliphatic heterocycles. The summed E-state index contributed by atoms with van der Waals surface area (Å²) < 4.78 is 5.41. The van der Waals surface area contributed by atoms with Crippen LogP contribution in [-0.2, 0) is 6.54 Å². The van der Waals surface area contributed by atoms with Gasteiger partial charge in [0.1, 0.15) is 5.76 Å². The van der Waals surface area contributed by atoms with Crippen LogP contribution < -0.4 is 5.73 Å². The Balaban J connectivity index is 2.61. The van der Waals surface area contributed by atoms with E-state index in [4.69, 9.17) is 10.2 Å². The van der Waals surface area contributed by atoms with Crippen molar-refractivity contribution in [2.45, 2.75) is 39.2 Å². The summed E-state index contributed by atoms with van der Waals surface area (Å²) in [6.07, 6.45) is 4.08. The Kier molecular flexibility index (Phi) is 3.29. The molecule has 0 aliphatic carbocycles. The molecule has 0 fully saturated rings. The zero-order chi connectivity index (χ0) is 8.97. The highest BCUT2D eigenvalue weighted by atomic mass is 16.4. The Morgan fingerprint density at radius 2 is 2.42 bits per heavy atom. The standard InChI is InChI=1S/C9H16N2O/c1-3-4-7(2)8-6-11-9(5-10)12-8/h6-7H,3-5,10H2,1-2H3. The molecule has 68 valence electrons. The van der Waals surface area contributed by atoms with Crippen LogP contribution in [0.1, 0.15) is 44.3 Å². The normalized spacial score (nSPS) is 13.2. The van der Waals surface area contributed by atoms with Crippen molar-refractivity contribution >= 4 is 0 Å². The quantitative estimate of drug-likeness (QED) is 0.748. The summed E-state index contributed by atoms with van der Waals surface area (Å²) in [6, 6.07) is 0. The van der Waals surface area contributed by atoms with Crippen LogP contribution in [0.5, 0.6) is 0 Å². The summed E-state index contributed by atoms with van der Waals surface area (Å²) in [4.78, 5) is 4.05. The van der Waals surface area contributed by atoms with Crippen LogP contribution in [-0.4, -0.2) is 4.98 Å². The molecule has 0 saturated heterocycles. The van der Waals surface area contributed by atoms with Gasteiger partial charge >= 0.3 is 0 Å². The first-order valence-electron chi connectivity index (χ1n) is 4.42. The Labute approximate surface area is 73.0 Å². The van der Waals surface area contributed by atoms with Crippen LogP contribution >= 0.6 is 0 Å². The lowest BCUT2D eigenvalue weighted by Gasteiger charge is -2.03. The van der Waals surface area contributed by atoms with Crippen molar-refractivity contribution < 1.29 is 4.42 Å². The van der Waals surface area contributed by atoms with Gasteiger partial charge in [0.05, 0.1) is 12.7 Å². The molecule has 3 nitrogen and oxygen atoms in total. The van der Waals surface area contributed by atoms with Crippen LogP contribution in [0.25, 0.3) is 0 Å². The van der Waals surface area contributed by atoms with Crippen molar-refractivity contribution in [3.05, 3.63) is 17.8 Å². The topological polar surface area (TPSA) is 52.0 Å². The summed E-state index contributed by atoms with van der Waals surface area (Å²) in [7, 11) is 0. The van der Waals surface area contributed by atoms with E-state index in [1.54, 1.807) is 6.20 Å². The van der Waals surface area contributed by atoms with E-state index in [2.05, 4.69) is 18.8 Å². The zero-order valence-corrected chi connectivity index (χ0v) is 7.71. The molecule has 1 atom stereocenters. The van der Waals surface area contributed by atoms with E-state index in [1.165, 1.54) is 6.42 Å². The van der Waals surface area contributed by atoms with E-state index in [0.717, 1.165) is 12.2 Å². The summed E-state index contributed by atoms with van der Waals surface area (Å²) in [6.45, 7) is 4.69. The van der Waals surface area contributed by atoms with Crippen molar-refractivity contribution in [1.82, 2.24) is 4.98 Å². The maximum atomic E-state index is 5.41. The van der Waals surface area contributed by atoms with Gasteiger partial charge in [0, 0.05) is 5.92 Å². The van der Waals surface area contributed by atoms with Crippen LogP contribution in [0.3, 0.4) is 0 Å². The van der Waals surface area contributed by atoms with Crippen LogP contribution in [0.4, 0.5) is 0 Å². The van der Waals surface area contributed by atoms with Gasteiger partial charge < -0.3 is 10.2 Å². The Bertz CT molecular complexity index is 232.